The maximum absolute atomic E-state index is 12.7. The highest BCUT2D eigenvalue weighted by Crippen LogP contribution is 2.29. The highest BCUT2D eigenvalue weighted by molar-refractivity contribution is 7.20. The molecule has 2 N–H and O–H groups in total. The molecule has 154 valence electrons. The molecule has 0 atom stereocenters. The Balaban J connectivity index is 1.39. The van der Waals surface area contributed by atoms with Crippen LogP contribution in [0.15, 0.2) is 4.79 Å². The van der Waals surface area contributed by atoms with Gasteiger partial charge in [-0.3, -0.25) is 19.5 Å². The molecule has 0 unspecified atom stereocenters. The second-order valence-corrected chi connectivity index (χ2v) is 8.40. The normalized spacial score (nSPS) is 16.0. The van der Waals surface area contributed by atoms with Gasteiger partial charge < -0.3 is 10.1 Å². The van der Waals surface area contributed by atoms with Gasteiger partial charge in [-0.05, 0) is 31.7 Å². The zero-order valence-corrected chi connectivity index (χ0v) is 16.9. The van der Waals surface area contributed by atoms with Crippen LogP contribution in [0.4, 0.5) is 4.79 Å². The molecule has 3 heterocycles. The molecule has 1 fully saturated rings. The van der Waals surface area contributed by atoms with Crippen molar-refractivity contribution in [2.75, 3.05) is 6.61 Å². The van der Waals surface area contributed by atoms with Gasteiger partial charge in [-0.2, -0.15) is 0 Å². The first-order chi connectivity index (χ1) is 13.9. The molecule has 10 heteroatoms. The quantitative estimate of drug-likeness (QED) is 0.729. The van der Waals surface area contributed by atoms with Crippen molar-refractivity contribution in [3.05, 3.63) is 26.6 Å². The third-order valence-corrected chi connectivity index (χ3v) is 6.54. The van der Waals surface area contributed by atoms with E-state index in [1.54, 1.807) is 11.5 Å². The molecular weight excluding hydrogens is 396 g/mol. The Bertz CT molecular complexity index is 1050. The van der Waals surface area contributed by atoms with Gasteiger partial charge in [0, 0.05) is 19.0 Å². The van der Waals surface area contributed by atoms with Crippen molar-refractivity contribution in [3.8, 4) is 0 Å². The van der Waals surface area contributed by atoms with Crippen LogP contribution in [0.5, 0.6) is 0 Å². The molecule has 4 rings (SSSR count). The van der Waals surface area contributed by atoms with Gasteiger partial charge in [0.15, 0.2) is 6.61 Å². The number of nitrogens with one attached hydrogen (secondary N) is 2. The van der Waals surface area contributed by atoms with E-state index in [4.69, 9.17) is 4.74 Å². The Morgan fingerprint density at radius 2 is 2.00 bits per heavy atom. The van der Waals surface area contributed by atoms with Crippen molar-refractivity contribution < 1.29 is 19.1 Å². The standard InChI is InChI=1S/C19H22N4O5S/c1-10-14-16(21-12-7-4-8-23(12)17(14)25)29-15(10)18(26)28-9-13(24)22-19(27)20-11-5-2-3-6-11/h11H,2-9H2,1H3,(H2,20,22,24,27). The lowest BCUT2D eigenvalue weighted by Gasteiger charge is -2.12. The number of hydrogen-bond acceptors (Lipinski definition) is 7. The van der Waals surface area contributed by atoms with Crippen molar-refractivity contribution in [1.82, 2.24) is 20.2 Å². The number of aromatic nitrogens is 2. The van der Waals surface area contributed by atoms with Crippen LogP contribution in [0.2, 0.25) is 0 Å². The van der Waals surface area contributed by atoms with E-state index in [1.165, 1.54) is 0 Å². The van der Waals surface area contributed by atoms with Crippen LogP contribution in [0.1, 0.15) is 53.2 Å². The number of fused-ring (bicyclic) bond motifs is 2. The van der Waals surface area contributed by atoms with Gasteiger partial charge in [0.2, 0.25) is 0 Å². The van der Waals surface area contributed by atoms with Crippen molar-refractivity contribution in [2.45, 2.75) is 58.0 Å². The van der Waals surface area contributed by atoms with Crippen LogP contribution in [0, 0.1) is 6.92 Å². The summed E-state index contributed by atoms with van der Waals surface area (Å²) in [5, 5.41) is 5.32. The summed E-state index contributed by atoms with van der Waals surface area (Å²) < 4.78 is 6.70. The fraction of sp³-hybridized carbons (Fsp3) is 0.526. The Kier molecular flexibility index (Phi) is 5.35. The number of imide groups is 1. The van der Waals surface area contributed by atoms with Crippen molar-refractivity contribution in [3.63, 3.8) is 0 Å². The van der Waals surface area contributed by atoms with Crippen LogP contribution in [0.3, 0.4) is 0 Å². The molecule has 0 radical (unpaired) electrons. The fourth-order valence-electron chi connectivity index (χ4n) is 3.92. The minimum Gasteiger partial charge on any atom is -0.451 e. The average molecular weight is 418 g/mol. The Morgan fingerprint density at radius 3 is 2.76 bits per heavy atom. The monoisotopic (exact) mass is 418 g/mol. The fourth-order valence-corrected chi connectivity index (χ4v) is 5.01. The second kappa shape index (κ2) is 7.94. The number of aryl methyl sites for hydroxylation is 2. The van der Waals surface area contributed by atoms with Gasteiger partial charge in [0.05, 0.1) is 5.39 Å². The van der Waals surface area contributed by atoms with Gasteiger partial charge in [-0.1, -0.05) is 12.8 Å². The Labute approximate surface area is 170 Å². The van der Waals surface area contributed by atoms with Crippen molar-refractivity contribution >= 4 is 39.5 Å². The van der Waals surface area contributed by atoms with E-state index in [0.717, 1.165) is 55.7 Å². The zero-order valence-electron chi connectivity index (χ0n) is 16.1. The molecular formula is C19H22N4O5S. The third kappa shape index (κ3) is 3.89. The van der Waals surface area contributed by atoms with E-state index >= 15 is 0 Å². The lowest BCUT2D eigenvalue weighted by molar-refractivity contribution is -0.123. The van der Waals surface area contributed by atoms with Gasteiger partial charge in [0.25, 0.3) is 11.5 Å². The number of ether oxygens (including phenoxy) is 1. The van der Waals surface area contributed by atoms with Gasteiger partial charge in [0.1, 0.15) is 15.5 Å². The van der Waals surface area contributed by atoms with Gasteiger partial charge in [-0.25, -0.2) is 14.6 Å². The number of rotatable bonds is 4. The minimum atomic E-state index is -0.707. The smallest absolute Gasteiger partial charge is 0.349 e. The molecule has 1 aliphatic heterocycles. The summed E-state index contributed by atoms with van der Waals surface area (Å²) >= 11 is 1.09. The zero-order chi connectivity index (χ0) is 20.5. The van der Waals surface area contributed by atoms with Crippen molar-refractivity contribution in [1.29, 1.82) is 0 Å². The number of carbonyl (C=O) groups is 3. The summed E-state index contributed by atoms with van der Waals surface area (Å²) in [6.07, 6.45) is 5.55. The number of esters is 1. The molecule has 29 heavy (non-hydrogen) atoms. The topological polar surface area (TPSA) is 119 Å². The Morgan fingerprint density at radius 1 is 1.24 bits per heavy atom. The number of amides is 3. The SMILES string of the molecule is Cc1c(C(=O)OCC(=O)NC(=O)NC2CCCC2)sc2nc3n(c(=O)c12)CCC3. The summed E-state index contributed by atoms with van der Waals surface area (Å²) in [5.74, 6) is -0.678. The third-order valence-electron chi connectivity index (χ3n) is 5.37. The first kappa shape index (κ1) is 19.6. The predicted octanol–water partition coefficient (Wildman–Crippen LogP) is 1.64. The first-order valence-electron chi connectivity index (χ1n) is 9.74. The van der Waals surface area contributed by atoms with E-state index in [9.17, 15) is 19.2 Å². The average Bonchev–Trinajstić information content (AvgIpc) is 3.40. The molecule has 3 amide bonds. The molecule has 1 saturated carbocycles. The molecule has 0 bridgehead atoms. The van der Waals surface area contributed by atoms with E-state index in [1.807, 2.05) is 0 Å². The van der Waals surface area contributed by atoms with Crippen LogP contribution < -0.4 is 16.2 Å². The van der Waals surface area contributed by atoms with E-state index < -0.39 is 24.5 Å². The van der Waals surface area contributed by atoms with E-state index in [2.05, 4.69) is 15.6 Å². The van der Waals surface area contributed by atoms with Crippen LogP contribution >= 0.6 is 11.3 Å². The summed E-state index contributed by atoms with van der Waals surface area (Å²) in [6, 6.07) is -0.498. The lowest BCUT2D eigenvalue weighted by atomic mass is 10.2. The molecule has 0 saturated heterocycles. The molecule has 2 aliphatic rings. The number of urea groups is 1. The summed E-state index contributed by atoms with van der Waals surface area (Å²) in [6.45, 7) is 1.73. The number of nitrogens with zero attached hydrogens (tertiary/aromatic N) is 2. The second-order valence-electron chi connectivity index (χ2n) is 7.40. The highest BCUT2D eigenvalue weighted by Gasteiger charge is 2.25. The maximum atomic E-state index is 12.7. The predicted molar refractivity (Wildman–Crippen MR) is 106 cm³/mol. The number of thiophene rings is 1. The first-order valence-corrected chi connectivity index (χ1v) is 10.6. The van der Waals surface area contributed by atoms with Gasteiger partial charge >= 0.3 is 12.0 Å². The lowest BCUT2D eigenvalue weighted by Crippen LogP contribution is -2.44. The van der Waals surface area contributed by atoms with Crippen LogP contribution in [-0.4, -0.2) is 40.1 Å². The van der Waals surface area contributed by atoms with Gasteiger partial charge in [-0.15, -0.1) is 11.3 Å². The largest absolute Gasteiger partial charge is 0.451 e. The Hall–Kier alpha value is -2.75. The summed E-state index contributed by atoms with van der Waals surface area (Å²) in [5.41, 5.74) is 0.366. The maximum Gasteiger partial charge on any atom is 0.349 e. The minimum absolute atomic E-state index is 0.0832. The molecule has 2 aromatic rings. The van der Waals surface area contributed by atoms with E-state index in [-0.39, 0.29) is 16.5 Å². The summed E-state index contributed by atoms with van der Waals surface area (Å²) in [7, 11) is 0. The number of hydrogen-bond donors (Lipinski definition) is 2. The van der Waals surface area contributed by atoms with Crippen molar-refractivity contribution in [2.24, 2.45) is 0 Å². The van der Waals surface area contributed by atoms with E-state index in [0.29, 0.717) is 22.3 Å². The molecule has 9 nitrogen and oxygen atoms in total. The summed E-state index contributed by atoms with van der Waals surface area (Å²) in [4.78, 5) is 54.1. The number of carbonyl (C=O) groups excluding carboxylic acids is 3. The van der Waals surface area contributed by atoms with Crippen LogP contribution in [-0.2, 0) is 22.5 Å². The molecule has 0 aromatic carbocycles. The molecule has 0 spiro atoms. The van der Waals surface area contributed by atoms with Crippen LogP contribution in [0.25, 0.3) is 10.2 Å². The molecule has 2 aromatic heterocycles. The highest BCUT2D eigenvalue weighted by atomic mass is 32.1. The molecule has 1 aliphatic carbocycles.